The van der Waals surface area contributed by atoms with Crippen LogP contribution in [-0.2, 0) is 6.42 Å². The van der Waals surface area contributed by atoms with Crippen molar-refractivity contribution in [3.05, 3.63) is 68.7 Å². The Morgan fingerprint density at radius 2 is 2.00 bits per heavy atom. The van der Waals surface area contributed by atoms with Gasteiger partial charge in [-0.3, -0.25) is 0 Å². The average molecular weight is 361 g/mol. The fourth-order valence-electron chi connectivity index (χ4n) is 2.04. The first-order valence-corrected chi connectivity index (χ1v) is 7.25. The largest absolute Gasteiger partial charge is 0.313 e. The Labute approximate surface area is 130 Å². The van der Waals surface area contributed by atoms with Gasteiger partial charge >= 0.3 is 0 Å². The van der Waals surface area contributed by atoms with Gasteiger partial charge in [0.1, 0.15) is 0 Å². The molecule has 0 fully saturated rings. The molecule has 2 rings (SSSR count). The lowest BCUT2D eigenvalue weighted by Gasteiger charge is -2.18. The molecule has 2 aromatic carbocycles. The molecule has 1 N–H and O–H groups in total. The molecular formula is C15H13BrClF2N. The summed E-state index contributed by atoms with van der Waals surface area (Å²) in [5.41, 5.74) is 1.26. The number of hydrogen-bond donors (Lipinski definition) is 1. The SMILES string of the molecule is CNC(Cc1cccc(F)c1F)c1ccc(Br)c(Cl)c1. The Morgan fingerprint density at radius 1 is 1.25 bits per heavy atom. The summed E-state index contributed by atoms with van der Waals surface area (Å²) in [6, 6.07) is 9.61. The van der Waals surface area contributed by atoms with Crippen LogP contribution in [0, 0.1) is 11.6 Å². The smallest absolute Gasteiger partial charge is 0.162 e. The van der Waals surface area contributed by atoms with Crippen molar-refractivity contribution in [2.75, 3.05) is 7.05 Å². The number of benzene rings is 2. The molecule has 0 radical (unpaired) electrons. The van der Waals surface area contributed by atoms with Gasteiger partial charge in [-0.1, -0.05) is 29.8 Å². The fourth-order valence-corrected chi connectivity index (χ4v) is 2.48. The van der Waals surface area contributed by atoms with Gasteiger partial charge in [-0.25, -0.2) is 8.78 Å². The normalized spacial score (nSPS) is 12.4. The van der Waals surface area contributed by atoms with Crippen LogP contribution in [0.2, 0.25) is 5.02 Å². The van der Waals surface area contributed by atoms with E-state index in [1.165, 1.54) is 6.07 Å². The van der Waals surface area contributed by atoms with Crippen LogP contribution in [0.15, 0.2) is 40.9 Å². The first kappa shape index (κ1) is 15.4. The van der Waals surface area contributed by atoms with Crippen molar-refractivity contribution >= 4 is 27.5 Å². The first-order chi connectivity index (χ1) is 9.52. The summed E-state index contributed by atoms with van der Waals surface area (Å²) in [5, 5.41) is 3.68. The van der Waals surface area contributed by atoms with Crippen molar-refractivity contribution in [3.8, 4) is 0 Å². The van der Waals surface area contributed by atoms with Crippen LogP contribution >= 0.6 is 27.5 Å². The number of likely N-dealkylation sites (N-methyl/N-ethyl adjacent to an activating group) is 1. The van der Waals surface area contributed by atoms with E-state index in [2.05, 4.69) is 21.2 Å². The summed E-state index contributed by atoms with van der Waals surface area (Å²) in [4.78, 5) is 0. The summed E-state index contributed by atoms with van der Waals surface area (Å²) in [7, 11) is 1.78. The van der Waals surface area contributed by atoms with Crippen molar-refractivity contribution in [1.29, 1.82) is 0 Å². The maximum absolute atomic E-state index is 13.7. The Morgan fingerprint density at radius 3 is 2.65 bits per heavy atom. The van der Waals surface area contributed by atoms with Crippen molar-refractivity contribution in [2.24, 2.45) is 0 Å². The number of halogens is 4. The van der Waals surface area contributed by atoms with Crippen molar-refractivity contribution < 1.29 is 8.78 Å². The molecule has 0 amide bonds. The van der Waals surface area contributed by atoms with Crippen molar-refractivity contribution in [1.82, 2.24) is 5.32 Å². The number of nitrogens with one attached hydrogen (secondary N) is 1. The van der Waals surface area contributed by atoms with Crippen molar-refractivity contribution in [2.45, 2.75) is 12.5 Å². The minimum absolute atomic E-state index is 0.142. The second-order valence-electron chi connectivity index (χ2n) is 4.43. The topological polar surface area (TPSA) is 12.0 Å². The van der Waals surface area contributed by atoms with Gasteiger partial charge in [-0.15, -0.1) is 0 Å². The molecular weight excluding hydrogens is 348 g/mol. The standard InChI is InChI=1S/C15H13BrClF2N/c1-20-14(9-5-6-11(16)12(17)7-9)8-10-3-2-4-13(18)15(10)19/h2-7,14,20H,8H2,1H3. The minimum atomic E-state index is -0.828. The lowest BCUT2D eigenvalue weighted by molar-refractivity contribution is 0.487. The van der Waals surface area contributed by atoms with E-state index < -0.39 is 11.6 Å². The van der Waals surface area contributed by atoms with Crippen molar-refractivity contribution in [3.63, 3.8) is 0 Å². The van der Waals surface area contributed by atoms with Gasteiger partial charge in [0.25, 0.3) is 0 Å². The zero-order valence-corrected chi connectivity index (χ0v) is 13.1. The molecule has 0 bridgehead atoms. The van der Waals surface area contributed by atoms with Crippen LogP contribution in [0.3, 0.4) is 0 Å². The molecule has 0 aliphatic carbocycles. The molecule has 20 heavy (non-hydrogen) atoms. The molecule has 1 unspecified atom stereocenters. The van der Waals surface area contributed by atoms with Crippen LogP contribution in [0.25, 0.3) is 0 Å². The van der Waals surface area contributed by atoms with E-state index in [0.717, 1.165) is 16.1 Å². The van der Waals surface area contributed by atoms with Gasteiger partial charge in [-0.2, -0.15) is 0 Å². The molecule has 0 spiro atoms. The molecule has 0 aliphatic rings. The highest BCUT2D eigenvalue weighted by atomic mass is 79.9. The zero-order chi connectivity index (χ0) is 14.7. The highest BCUT2D eigenvalue weighted by Gasteiger charge is 2.15. The second-order valence-corrected chi connectivity index (χ2v) is 5.69. The molecule has 1 atom stereocenters. The monoisotopic (exact) mass is 359 g/mol. The molecule has 106 valence electrons. The van der Waals surface area contributed by atoms with Crippen LogP contribution < -0.4 is 5.32 Å². The van der Waals surface area contributed by atoms with Gasteiger partial charge in [0.2, 0.25) is 0 Å². The molecule has 0 saturated heterocycles. The van der Waals surface area contributed by atoms with E-state index in [1.54, 1.807) is 13.1 Å². The van der Waals surface area contributed by atoms with Crippen LogP contribution in [0.1, 0.15) is 17.2 Å². The van der Waals surface area contributed by atoms with Gasteiger partial charge < -0.3 is 5.32 Å². The maximum Gasteiger partial charge on any atom is 0.162 e. The third-order valence-corrected chi connectivity index (χ3v) is 4.38. The molecule has 5 heteroatoms. The summed E-state index contributed by atoms with van der Waals surface area (Å²) >= 11 is 9.39. The molecule has 1 nitrogen and oxygen atoms in total. The summed E-state index contributed by atoms with van der Waals surface area (Å²) < 4.78 is 27.8. The van der Waals surface area contributed by atoms with E-state index in [1.807, 2.05) is 18.2 Å². The van der Waals surface area contributed by atoms with Crippen LogP contribution in [0.5, 0.6) is 0 Å². The Hall–Kier alpha value is -0.970. The number of hydrogen-bond acceptors (Lipinski definition) is 1. The van der Waals surface area contributed by atoms with Gasteiger partial charge in [0, 0.05) is 10.5 Å². The molecule has 0 heterocycles. The van der Waals surface area contributed by atoms with Crippen LogP contribution in [0.4, 0.5) is 8.78 Å². The Bertz CT molecular complexity index is 619. The predicted octanol–water partition coefficient (Wildman–Crippen LogP) is 4.88. The second kappa shape index (κ2) is 6.66. The summed E-state index contributed by atoms with van der Waals surface area (Å²) in [6.07, 6.45) is 0.345. The maximum atomic E-state index is 13.7. The summed E-state index contributed by atoms with van der Waals surface area (Å²) in [5.74, 6) is -1.62. The third kappa shape index (κ3) is 3.37. The quantitative estimate of drug-likeness (QED) is 0.819. The van der Waals surface area contributed by atoms with E-state index in [9.17, 15) is 8.78 Å². The Balaban J connectivity index is 2.28. The highest BCUT2D eigenvalue weighted by molar-refractivity contribution is 9.10. The average Bonchev–Trinajstić information content (AvgIpc) is 2.44. The fraction of sp³-hybridized carbons (Fsp3) is 0.200. The molecule has 0 aromatic heterocycles. The van der Waals surface area contributed by atoms with Gasteiger partial charge in [0.05, 0.1) is 5.02 Å². The molecule has 0 aliphatic heterocycles. The van der Waals surface area contributed by atoms with E-state index in [-0.39, 0.29) is 6.04 Å². The van der Waals surface area contributed by atoms with E-state index in [0.29, 0.717) is 17.0 Å². The Kier molecular flexibility index (Phi) is 5.13. The minimum Gasteiger partial charge on any atom is -0.313 e. The summed E-state index contributed by atoms with van der Waals surface area (Å²) in [6.45, 7) is 0. The van der Waals surface area contributed by atoms with E-state index >= 15 is 0 Å². The van der Waals surface area contributed by atoms with Gasteiger partial charge in [-0.05, 0) is 58.7 Å². The third-order valence-electron chi connectivity index (χ3n) is 3.15. The molecule has 0 saturated carbocycles. The lowest BCUT2D eigenvalue weighted by atomic mass is 9.98. The highest BCUT2D eigenvalue weighted by Crippen LogP contribution is 2.28. The lowest BCUT2D eigenvalue weighted by Crippen LogP contribution is -2.19. The van der Waals surface area contributed by atoms with Gasteiger partial charge in [0.15, 0.2) is 11.6 Å². The molecule has 2 aromatic rings. The zero-order valence-electron chi connectivity index (χ0n) is 10.8. The number of rotatable bonds is 4. The van der Waals surface area contributed by atoms with Crippen LogP contribution in [-0.4, -0.2) is 7.05 Å². The first-order valence-electron chi connectivity index (χ1n) is 6.08. The van der Waals surface area contributed by atoms with E-state index in [4.69, 9.17) is 11.6 Å². The predicted molar refractivity (Wildman–Crippen MR) is 81.0 cm³/mol.